The maximum atomic E-state index is 5.23. The van der Waals surface area contributed by atoms with Gasteiger partial charge >= 0.3 is 0 Å². The maximum absolute atomic E-state index is 5.23. The maximum Gasteiger partial charge on any atom is 0.238 e. The van der Waals surface area contributed by atoms with Crippen molar-refractivity contribution >= 4 is 84.8 Å². The third-order valence-corrected chi connectivity index (χ3v) is 13.6. The summed E-state index contributed by atoms with van der Waals surface area (Å²) in [5, 5.41) is 7.52. The smallest absolute Gasteiger partial charge is 0.238 e. The van der Waals surface area contributed by atoms with E-state index < -0.39 is 0 Å². The van der Waals surface area contributed by atoms with Crippen molar-refractivity contribution in [2.24, 2.45) is 0 Å². The number of fused-ring (bicyclic) bond motifs is 9. The Morgan fingerprint density at radius 3 is 1.51 bits per heavy atom. The highest BCUT2D eigenvalue weighted by Crippen LogP contribution is 2.47. The van der Waals surface area contributed by atoms with Crippen molar-refractivity contribution in [1.82, 2.24) is 19.5 Å². The van der Waals surface area contributed by atoms with Crippen molar-refractivity contribution in [3.8, 4) is 51.0 Å². The minimum Gasteiger partial charge on any atom is -0.278 e. The van der Waals surface area contributed by atoms with Crippen molar-refractivity contribution in [3.05, 3.63) is 182 Å². The molecule has 0 aliphatic carbocycles. The van der Waals surface area contributed by atoms with Crippen LogP contribution in [0.3, 0.4) is 0 Å². The molecule has 266 valence electrons. The molecule has 4 nitrogen and oxygen atoms in total. The van der Waals surface area contributed by atoms with E-state index in [1.165, 1.54) is 67.8 Å². The van der Waals surface area contributed by atoms with Crippen molar-refractivity contribution in [2.45, 2.75) is 0 Å². The molecule has 0 amide bonds. The van der Waals surface area contributed by atoms with E-state index in [9.17, 15) is 0 Å². The number of thiophene rings is 2. The highest BCUT2D eigenvalue weighted by molar-refractivity contribution is 7.27. The Morgan fingerprint density at radius 1 is 0.333 bits per heavy atom. The van der Waals surface area contributed by atoms with Gasteiger partial charge in [0.15, 0.2) is 11.6 Å². The predicted molar refractivity (Wildman–Crippen MR) is 242 cm³/mol. The number of aromatic nitrogens is 4. The fraction of sp³-hybridized carbons (Fsp3) is 0. The fourth-order valence-corrected chi connectivity index (χ4v) is 11.1. The molecule has 0 aliphatic rings. The molecule has 0 saturated heterocycles. The van der Waals surface area contributed by atoms with Crippen LogP contribution in [0.1, 0.15) is 0 Å². The van der Waals surface area contributed by atoms with Crippen LogP contribution in [-0.4, -0.2) is 19.5 Å². The van der Waals surface area contributed by atoms with E-state index in [1.54, 1.807) is 0 Å². The zero-order valence-corrected chi connectivity index (χ0v) is 32.1. The van der Waals surface area contributed by atoms with E-state index in [2.05, 4.69) is 168 Å². The quantitative estimate of drug-likeness (QED) is 0.175. The molecule has 0 bridgehead atoms. The molecule has 4 heterocycles. The van der Waals surface area contributed by atoms with Gasteiger partial charge in [-0.1, -0.05) is 158 Å². The number of hydrogen-bond donors (Lipinski definition) is 0. The molecular weight excluding hydrogens is 733 g/mol. The Hall–Kier alpha value is -6.99. The summed E-state index contributed by atoms with van der Waals surface area (Å²) in [6, 6.07) is 64.8. The Bertz CT molecular complexity index is 3490. The van der Waals surface area contributed by atoms with Gasteiger partial charge in [-0.05, 0) is 35.4 Å². The van der Waals surface area contributed by atoms with Crippen LogP contribution in [0.4, 0.5) is 0 Å². The fourth-order valence-electron chi connectivity index (χ4n) is 8.49. The van der Waals surface area contributed by atoms with Crippen LogP contribution in [0.25, 0.3) is 113 Å². The van der Waals surface area contributed by atoms with Gasteiger partial charge in [0.05, 0.1) is 11.0 Å². The molecule has 0 fully saturated rings. The number of hydrogen-bond acceptors (Lipinski definition) is 5. The summed E-state index contributed by atoms with van der Waals surface area (Å²) in [4.78, 5) is 15.5. The van der Waals surface area contributed by atoms with E-state index in [4.69, 9.17) is 15.0 Å². The number of benzene rings is 8. The van der Waals surface area contributed by atoms with Gasteiger partial charge in [-0.15, -0.1) is 22.7 Å². The molecule has 4 aromatic heterocycles. The molecule has 0 unspecified atom stereocenters. The van der Waals surface area contributed by atoms with Crippen molar-refractivity contribution in [1.29, 1.82) is 0 Å². The van der Waals surface area contributed by atoms with Gasteiger partial charge < -0.3 is 0 Å². The van der Waals surface area contributed by atoms with E-state index in [1.807, 2.05) is 40.9 Å². The minimum atomic E-state index is 0.592. The Labute approximate surface area is 335 Å². The van der Waals surface area contributed by atoms with Gasteiger partial charge in [0.1, 0.15) is 0 Å². The molecule has 12 rings (SSSR count). The number of rotatable bonds is 5. The van der Waals surface area contributed by atoms with E-state index in [0.29, 0.717) is 17.6 Å². The zero-order valence-electron chi connectivity index (χ0n) is 30.4. The van der Waals surface area contributed by atoms with E-state index in [0.717, 1.165) is 27.7 Å². The van der Waals surface area contributed by atoms with Gasteiger partial charge in [-0.3, -0.25) is 4.57 Å². The molecule has 0 spiro atoms. The lowest BCUT2D eigenvalue weighted by Gasteiger charge is -2.11. The van der Waals surface area contributed by atoms with E-state index >= 15 is 0 Å². The van der Waals surface area contributed by atoms with Crippen LogP contribution in [0, 0.1) is 0 Å². The molecule has 0 N–H and O–H groups in total. The van der Waals surface area contributed by atoms with Gasteiger partial charge in [-0.25, -0.2) is 4.98 Å². The third-order valence-electron chi connectivity index (χ3n) is 11.1. The number of nitrogens with zero attached hydrogens (tertiary/aromatic N) is 4. The van der Waals surface area contributed by atoms with Crippen LogP contribution < -0.4 is 0 Å². The van der Waals surface area contributed by atoms with Gasteiger partial charge in [0, 0.05) is 73.4 Å². The van der Waals surface area contributed by atoms with Gasteiger partial charge in [0.25, 0.3) is 0 Å². The summed E-state index contributed by atoms with van der Waals surface area (Å²) in [5.41, 5.74) is 8.88. The van der Waals surface area contributed by atoms with E-state index in [-0.39, 0.29) is 0 Å². The summed E-state index contributed by atoms with van der Waals surface area (Å²) in [7, 11) is 0. The predicted octanol–water partition coefficient (Wildman–Crippen LogP) is 14.4. The van der Waals surface area contributed by atoms with Crippen molar-refractivity contribution in [3.63, 3.8) is 0 Å². The first-order valence-corrected chi connectivity index (χ1v) is 20.7. The second kappa shape index (κ2) is 12.8. The number of para-hydroxylation sites is 2. The minimum absolute atomic E-state index is 0.592. The second-order valence-electron chi connectivity index (χ2n) is 14.3. The van der Waals surface area contributed by atoms with Gasteiger partial charge in [0.2, 0.25) is 5.95 Å². The average molecular weight is 763 g/mol. The summed E-state index contributed by atoms with van der Waals surface area (Å²) >= 11 is 3.77. The SMILES string of the molecule is c1ccc(-c2nc(-c3cccc(-c4cccc5c4sc4c(-c6cccc7c6sc6ccccc67)cccc45)c3)nc(-n3c4ccccc4c4ccccc43)n2)cc1. The van der Waals surface area contributed by atoms with Crippen molar-refractivity contribution < 1.29 is 0 Å². The first kappa shape index (κ1) is 32.3. The molecule has 0 saturated carbocycles. The highest BCUT2D eigenvalue weighted by Gasteiger charge is 2.20. The molecule has 0 radical (unpaired) electrons. The highest BCUT2D eigenvalue weighted by atomic mass is 32.1. The van der Waals surface area contributed by atoms with Crippen LogP contribution in [0.5, 0.6) is 0 Å². The molecule has 12 aromatic rings. The first-order valence-electron chi connectivity index (χ1n) is 19.0. The average Bonchev–Trinajstić information content (AvgIpc) is 3.97. The normalized spacial score (nSPS) is 11.9. The van der Waals surface area contributed by atoms with Crippen LogP contribution >= 0.6 is 22.7 Å². The van der Waals surface area contributed by atoms with Crippen LogP contribution in [-0.2, 0) is 0 Å². The topological polar surface area (TPSA) is 43.6 Å². The standard InChI is InChI=1S/C51H30N4S2/c1-2-14-31(15-3-1)49-52-50(54-51(53-49)55-43-27-7-4-18-35(43)36-19-5-8-28-44(36)55)33-17-10-16-32(30-33)34-21-11-23-39-41-25-13-26-42(48(41)57-46(34)39)40-24-12-22-38-37-20-6-9-29-45(37)56-47(38)40/h1-30H. The van der Waals surface area contributed by atoms with Crippen LogP contribution in [0.15, 0.2) is 182 Å². The largest absolute Gasteiger partial charge is 0.278 e. The molecule has 8 aromatic carbocycles. The Balaban J connectivity index is 1.03. The lowest BCUT2D eigenvalue weighted by Crippen LogP contribution is -2.06. The lowest BCUT2D eigenvalue weighted by molar-refractivity contribution is 0.953. The summed E-state index contributed by atoms with van der Waals surface area (Å²) < 4.78 is 7.40. The second-order valence-corrected chi connectivity index (χ2v) is 16.4. The summed E-state index contributed by atoms with van der Waals surface area (Å²) in [6.07, 6.45) is 0. The van der Waals surface area contributed by atoms with Gasteiger partial charge in [-0.2, -0.15) is 9.97 Å². The Kier molecular flexibility index (Phi) is 7.24. The van der Waals surface area contributed by atoms with Crippen LogP contribution in [0.2, 0.25) is 0 Å². The first-order chi connectivity index (χ1) is 28.3. The molecule has 0 atom stereocenters. The summed E-state index contributed by atoms with van der Waals surface area (Å²) in [5.74, 6) is 1.86. The lowest BCUT2D eigenvalue weighted by atomic mass is 9.98. The molecule has 6 heteroatoms. The monoisotopic (exact) mass is 762 g/mol. The van der Waals surface area contributed by atoms with Crippen molar-refractivity contribution in [2.75, 3.05) is 0 Å². The summed E-state index contributed by atoms with van der Waals surface area (Å²) in [6.45, 7) is 0. The molecule has 0 aliphatic heterocycles. The Morgan fingerprint density at radius 2 is 0.807 bits per heavy atom. The zero-order chi connectivity index (χ0) is 37.5. The third kappa shape index (κ3) is 5.08. The molecule has 57 heavy (non-hydrogen) atoms. The molecular formula is C51H30N4S2.